The Balaban J connectivity index is 2.35. The van der Waals surface area contributed by atoms with Crippen molar-refractivity contribution in [2.45, 2.75) is 13.2 Å². The second-order valence-electron chi connectivity index (χ2n) is 2.84. The van der Waals surface area contributed by atoms with Crippen molar-refractivity contribution in [2.24, 2.45) is 0 Å². The molecule has 68 valence electrons. The lowest BCUT2D eigenvalue weighted by molar-refractivity contribution is 0.143. The van der Waals surface area contributed by atoms with E-state index in [2.05, 4.69) is 21.2 Å². The Labute approximate surface area is 84.2 Å². The summed E-state index contributed by atoms with van der Waals surface area (Å²) < 4.78 is 5.92. The van der Waals surface area contributed by atoms with E-state index in [1.807, 2.05) is 18.2 Å². The van der Waals surface area contributed by atoms with Gasteiger partial charge in [0.15, 0.2) is 0 Å². The van der Waals surface area contributed by atoms with E-state index in [4.69, 9.17) is 4.74 Å². The fourth-order valence-corrected chi connectivity index (χ4v) is 1.67. The molecule has 1 aliphatic heterocycles. The monoisotopic (exact) mass is 241 g/mol. The topological polar surface area (TPSA) is 38.3 Å². The number of ether oxygens (including phenoxy) is 1. The van der Waals surface area contributed by atoms with Crippen molar-refractivity contribution in [3.05, 3.63) is 33.8 Å². The molecule has 1 aliphatic rings. The van der Waals surface area contributed by atoms with Gasteiger partial charge in [-0.15, -0.1) is 0 Å². The Morgan fingerprint density at radius 1 is 1.38 bits per heavy atom. The van der Waals surface area contributed by atoms with E-state index >= 15 is 0 Å². The quantitative estimate of drug-likeness (QED) is 0.757. The molecule has 0 spiro atoms. The largest absolute Gasteiger partial charge is 0.445 e. The molecule has 0 radical (unpaired) electrons. The molecular formula is C9H8BrNO2. The Kier molecular flexibility index (Phi) is 2.22. The molecule has 0 saturated heterocycles. The summed E-state index contributed by atoms with van der Waals surface area (Å²) in [6.07, 6.45) is -0.354. The molecular weight excluding hydrogens is 234 g/mol. The second kappa shape index (κ2) is 3.38. The maximum absolute atomic E-state index is 10.9. The summed E-state index contributed by atoms with van der Waals surface area (Å²) in [5, 5.41) is 2.64. The summed E-state index contributed by atoms with van der Waals surface area (Å²) in [7, 11) is 0. The molecule has 1 aromatic rings. The van der Waals surface area contributed by atoms with Crippen LogP contribution in [0.3, 0.4) is 0 Å². The number of hydrogen-bond donors (Lipinski definition) is 1. The highest BCUT2D eigenvalue weighted by Gasteiger charge is 2.12. The molecule has 0 fully saturated rings. The predicted molar refractivity (Wildman–Crippen MR) is 51.2 cm³/mol. The van der Waals surface area contributed by atoms with Gasteiger partial charge in [0, 0.05) is 11.0 Å². The Morgan fingerprint density at radius 2 is 2.23 bits per heavy atom. The van der Waals surface area contributed by atoms with Crippen LogP contribution in [0.1, 0.15) is 11.1 Å². The van der Waals surface area contributed by atoms with Crippen LogP contribution in [-0.4, -0.2) is 6.09 Å². The van der Waals surface area contributed by atoms with E-state index in [9.17, 15) is 4.79 Å². The van der Waals surface area contributed by atoms with Gasteiger partial charge in [0.25, 0.3) is 0 Å². The van der Waals surface area contributed by atoms with Crippen LogP contribution in [0.5, 0.6) is 0 Å². The first-order valence-electron chi connectivity index (χ1n) is 3.93. The molecule has 13 heavy (non-hydrogen) atoms. The number of halogens is 1. The third-order valence-electron chi connectivity index (χ3n) is 1.95. The number of benzene rings is 1. The van der Waals surface area contributed by atoms with Gasteiger partial charge in [-0.1, -0.05) is 22.0 Å². The third kappa shape index (κ3) is 1.83. The van der Waals surface area contributed by atoms with Gasteiger partial charge in [0.05, 0.1) is 0 Å². The number of carbonyl (C=O) groups excluding carboxylic acids is 1. The minimum absolute atomic E-state index is 0.348. The van der Waals surface area contributed by atoms with Gasteiger partial charge in [-0.2, -0.15) is 0 Å². The van der Waals surface area contributed by atoms with E-state index in [-0.39, 0.29) is 6.09 Å². The number of cyclic esters (lactones) is 1. The minimum Gasteiger partial charge on any atom is -0.445 e. The summed E-state index contributed by atoms with van der Waals surface area (Å²) in [4.78, 5) is 10.9. The Morgan fingerprint density at radius 3 is 3.08 bits per heavy atom. The van der Waals surface area contributed by atoms with E-state index in [1.54, 1.807) is 0 Å². The van der Waals surface area contributed by atoms with Gasteiger partial charge >= 0.3 is 6.09 Å². The molecule has 0 atom stereocenters. The molecule has 0 aromatic heterocycles. The number of rotatable bonds is 0. The van der Waals surface area contributed by atoms with E-state index in [1.165, 1.54) is 0 Å². The van der Waals surface area contributed by atoms with Gasteiger partial charge < -0.3 is 10.1 Å². The van der Waals surface area contributed by atoms with Gasteiger partial charge in [-0.05, 0) is 23.3 Å². The molecule has 2 rings (SSSR count). The van der Waals surface area contributed by atoms with Crippen LogP contribution in [0.15, 0.2) is 22.7 Å². The molecule has 0 unspecified atom stereocenters. The van der Waals surface area contributed by atoms with E-state index < -0.39 is 0 Å². The van der Waals surface area contributed by atoms with Crippen molar-refractivity contribution in [1.82, 2.24) is 5.32 Å². The lowest BCUT2D eigenvalue weighted by Gasteiger charge is -2.03. The minimum atomic E-state index is -0.354. The molecule has 3 nitrogen and oxygen atoms in total. The first-order valence-corrected chi connectivity index (χ1v) is 4.73. The van der Waals surface area contributed by atoms with Crippen LogP contribution in [0.4, 0.5) is 4.79 Å². The van der Waals surface area contributed by atoms with Crippen LogP contribution in [0.2, 0.25) is 0 Å². The zero-order chi connectivity index (χ0) is 9.26. The summed E-state index contributed by atoms with van der Waals surface area (Å²) >= 11 is 3.37. The van der Waals surface area contributed by atoms with Gasteiger partial charge in [0.2, 0.25) is 0 Å². The molecule has 0 bridgehead atoms. The van der Waals surface area contributed by atoms with Gasteiger partial charge in [-0.3, -0.25) is 0 Å². The first kappa shape index (κ1) is 8.56. The molecule has 0 aliphatic carbocycles. The van der Waals surface area contributed by atoms with E-state index in [0.717, 1.165) is 15.6 Å². The molecule has 4 heteroatoms. The predicted octanol–water partition coefficient (Wildman–Crippen LogP) is 2.19. The number of carbonyl (C=O) groups is 1. The van der Waals surface area contributed by atoms with Crippen LogP contribution in [0.25, 0.3) is 0 Å². The Bertz CT molecular complexity index is 351. The maximum atomic E-state index is 10.9. The van der Waals surface area contributed by atoms with Crippen molar-refractivity contribution < 1.29 is 9.53 Å². The maximum Gasteiger partial charge on any atom is 0.407 e. The molecule has 1 amide bonds. The first-order chi connectivity index (χ1) is 6.25. The molecule has 1 aromatic carbocycles. The number of fused-ring (bicyclic) bond motifs is 1. The normalized spacial score (nSPS) is 15.3. The second-order valence-corrected chi connectivity index (χ2v) is 3.76. The van der Waals surface area contributed by atoms with Crippen molar-refractivity contribution >= 4 is 22.0 Å². The number of amides is 1. The third-order valence-corrected chi connectivity index (χ3v) is 2.44. The summed E-state index contributed by atoms with van der Waals surface area (Å²) in [5.41, 5.74) is 2.15. The molecule has 1 heterocycles. The average Bonchev–Trinajstić information content (AvgIpc) is 2.29. The zero-order valence-electron chi connectivity index (χ0n) is 6.84. The summed E-state index contributed by atoms with van der Waals surface area (Å²) in [5.74, 6) is 0. The SMILES string of the molecule is O=C1NCc2ccc(Br)cc2CO1. The van der Waals surface area contributed by atoms with E-state index in [0.29, 0.717) is 13.2 Å². The Hall–Kier alpha value is -1.03. The standard InChI is InChI=1S/C9H8BrNO2/c10-8-2-1-6-4-11-9(12)13-5-7(6)3-8/h1-3H,4-5H2,(H,11,12). The van der Waals surface area contributed by atoms with Gasteiger partial charge in [-0.25, -0.2) is 4.79 Å². The van der Waals surface area contributed by atoms with Crippen molar-refractivity contribution in [3.63, 3.8) is 0 Å². The fraction of sp³-hybridized carbons (Fsp3) is 0.222. The number of alkyl carbamates (subject to hydrolysis) is 1. The smallest absolute Gasteiger partial charge is 0.407 e. The molecule has 1 N–H and O–H groups in total. The number of nitrogens with one attached hydrogen (secondary N) is 1. The van der Waals surface area contributed by atoms with Crippen molar-refractivity contribution in [3.8, 4) is 0 Å². The van der Waals surface area contributed by atoms with Crippen LogP contribution in [-0.2, 0) is 17.9 Å². The average molecular weight is 242 g/mol. The highest BCUT2D eigenvalue weighted by Crippen LogP contribution is 2.19. The highest BCUT2D eigenvalue weighted by atomic mass is 79.9. The van der Waals surface area contributed by atoms with Crippen molar-refractivity contribution in [2.75, 3.05) is 0 Å². The van der Waals surface area contributed by atoms with Crippen molar-refractivity contribution in [1.29, 1.82) is 0 Å². The highest BCUT2D eigenvalue weighted by molar-refractivity contribution is 9.10. The van der Waals surface area contributed by atoms with Crippen LogP contribution < -0.4 is 5.32 Å². The van der Waals surface area contributed by atoms with Gasteiger partial charge in [0.1, 0.15) is 6.61 Å². The lowest BCUT2D eigenvalue weighted by Crippen LogP contribution is -2.20. The summed E-state index contributed by atoms with van der Waals surface area (Å²) in [6.45, 7) is 0.891. The molecule has 0 saturated carbocycles. The van der Waals surface area contributed by atoms with Crippen LogP contribution in [0, 0.1) is 0 Å². The van der Waals surface area contributed by atoms with Crippen LogP contribution >= 0.6 is 15.9 Å². The summed E-state index contributed by atoms with van der Waals surface area (Å²) in [6, 6.07) is 5.90. The zero-order valence-corrected chi connectivity index (χ0v) is 8.43. The number of hydrogen-bond acceptors (Lipinski definition) is 2. The fourth-order valence-electron chi connectivity index (χ4n) is 1.26. The lowest BCUT2D eigenvalue weighted by atomic mass is 10.1.